The van der Waals surface area contributed by atoms with Crippen LogP contribution in [0.25, 0.3) is 0 Å². The van der Waals surface area contributed by atoms with Crippen molar-refractivity contribution in [3.63, 3.8) is 0 Å². The van der Waals surface area contributed by atoms with Crippen LogP contribution in [0.15, 0.2) is 36.5 Å². The molecule has 0 aliphatic heterocycles. The maximum atomic E-state index is 5.57. The molecule has 1 aromatic heterocycles. The van der Waals surface area contributed by atoms with Crippen LogP contribution in [0.5, 0.6) is 5.75 Å². The number of anilines is 1. The van der Waals surface area contributed by atoms with Crippen LogP contribution < -0.4 is 10.5 Å². The molecule has 16 heavy (non-hydrogen) atoms. The number of hydrogen-bond donors (Lipinski definition) is 1. The average Bonchev–Trinajstić information content (AvgIpc) is 2.67. The Kier molecular flexibility index (Phi) is 3.66. The molecule has 2 N–H and O–H groups in total. The number of nitrogens with zero attached hydrogens (tertiary/aromatic N) is 2. The Morgan fingerprint density at radius 3 is 2.62 bits per heavy atom. The van der Waals surface area contributed by atoms with Crippen molar-refractivity contribution in [3.05, 3.63) is 40.1 Å². The highest BCUT2D eigenvalue weighted by atomic mass is 127. The van der Waals surface area contributed by atoms with E-state index < -0.39 is 0 Å². The molecule has 5 heteroatoms. The van der Waals surface area contributed by atoms with Gasteiger partial charge in [0.2, 0.25) is 0 Å². The van der Waals surface area contributed by atoms with Gasteiger partial charge in [-0.05, 0) is 52.9 Å². The Bertz CT molecular complexity index is 453. The number of nitrogens with two attached hydrogens (primary N) is 1. The molecule has 2 rings (SSSR count). The second-order valence-electron chi connectivity index (χ2n) is 3.31. The highest BCUT2D eigenvalue weighted by Crippen LogP contribution is 2.13. The van der Waals surface area contributed by atoms with Gasteiger partial charge < -0.3 is 10.5 Å². The van der Waals surface area contributed by atoms with E-state index in [4.69, 9.17) is 10.5 Å². The van der Waals surface area contributed by atoms with Gasteiger partial charge in [-0.25, -0.2) is 0 Å². The Labute approximate surface area is 108 Å². The minimum absolute atomic E-state index is 0.536. The predicted molar refractivity (Wildman–Crippen MR) is 71.3 cm³/mol. The highest BCUT2D eigenvalue weighted by Gasteiger charge is 1.96. The largest absolute Gasteiger partial charge is 0.492 e. The van der Waals surface area contributed by atoms with Gasteiger partial charge in [0.1, 0.15) is 18.2 Å². The summed E-state index contributed by atoms with van der Waals surface area (Å²) in [5.41, 5.74) is 5.50. The van der Waals surface area contributed by atoms with Crippen LogP contribution >= 0.6 is 22.6 Å². The van der Waals surface area contributed by atoms with Crippen molar-refractivity contribution in [2.45, 2.75) is 6.54 Å². The van der Waals surface area contributed by atoms with E-state index in [1.807, 2.05) is 30.5 Å². The number of ether oxygens (including phenoxy) is 1. The van der Waals surface area contributed by atoms with Gasteiger partial charge in [0.15, 0.2) is 0 Å². The zero-order valence-electron chi connectivity index (χ0n) is 8.64. The lowest BCUT2D eigenvalue weighted by Crippen LogP contribution is -2.08. The molecule has 1 aromatic carbocycles. The zero-order chi connectivity index (χ0) is 11.4. The summed E-state index contributed by atoms with van der Waals surface area (Å²) in [6.45, 7) is 1.28. The fourth-order valence-corrected chi connectivity index (χ4v) is 1.65. The molecule has 0 atom stereocenters. The lowest BCUT2D eigenvalue weighted by molar-refractivity contribution is 0.291. The third-order valence-electron chi connectivity index (χ3n) is 2.06. The number of nitrogen functional groups attached to an aromatic ring is 1. The van der Waals surface area contributed by atoms with Gasteiger partial charge in [0, 0.05) is 9.77 Å². The molecule has 0 radical (unpaired) electrons. The fraction of sp³-hybridized carbons (Fsp3) is 0.182. The maximum Gasteiger partial charge on any atom is 0.145 e. The van der Waals surface area contributed by atoms with Gasteiger partial charge >= 0.3 is 0 Å². The first-order chi connectivity index (χ1) is 7.74. The second kappa shape index (κ2) is 5.20. The van der Waals surface area contributed by atoms with Crippen LogP contribution in [0, 0.1) is 3.57 Å². The number of aromatic nitrogens is 2. The summed E-state index contributed by atoms with van der Waals surface area (Å²) in [4.78, 5) is 0. The molecule has 0 saturated heterocycles. The van der Waals surface area contributed by atoms with Crippen molar-refractivity contribution in [1.82, 2.24) is 9.78 Å². The molecular formula is C11H12IN3O. The standard InChI is InChI=1S/C11H12IN3O/c12-9-1-3-10(4-2-9)16-8-7-15-6-5-11(13)14-15/h1-6H,7-8H2,(H2,13,14). The van der Waals surface area contributed by atoms with E-state index in [1.165, 1.54) is 3.57 Å². The van der Waals surface area contributed by atoms with Gasteiger partial charge in [-0.3, -0.25) is 4.68 Å². The molecule has 0 aliphatic carbocycles. The molecule has 0 fully saturated rings. The molecule has 84 valence electrons. The molecule has 0 amide bonds. The lowest BCUT2D eigenvalue weighted by Gasteiger charge is -2.06. The quantitative estimate of drug-likeness (QED) is 0.875. The third-order valence-corrected chi connectivity index (χ3v) is 2.78. The number of benzene rings is 1. The Balaban J connectivity index is 1.82. The summed E-state index contributed by atoms with van der Waals surface area (Å²) >= 11 is 2.26. The SMILES string of the molecule is Nc1ccn(CCOc2ccc(I)cc2)n1. The van der Waals surface area contributed by atoms with E-state index in [0.29, 0.717) is 19.0 Å². The fourth-order valence-electron chi connectivity index (χ4n) is 1.29. The summed E-state index contributed by atoms with van der Waals surface area (Å²) < 4.78 is 8.53. The van der Waals surface area contributed by atoms with E-state index in [0.717, 1.165) is 5.75 Å². The topological polar surface area (TPSA) is 53.1 Å². The normalized spacial score (nSPS) is 10.3. The van der Waals surface area contributed by atoms with Crippen LogP contribution in [0.1, 0.15) is 0 Å². The monoisotopic (exact) mass is 329 g/mol. The van der Waals surface area contributed by atoms with E-state index in [9.17, 15) is 0 Å². The minimum Gasteiger partial charge on any atom is -0.492 e. The van der Waals surface area contributed by atoms with Crippen molar-refractivity contribution in [3.8, 4) is 5.75 Å². The van der Waals surface area contributed by atoms with Gasteiger partial charge in [0.05, 0.1) is 6.54 Å². The first-order valence-corrected chi connectivity index (χ1v) is 5.99. The van der Waals surface area contributed by atoms with E-state index >= 15 is 0 Å². The molecule has 1 heterocycles. The summed E-state index contributed by atoms with van der Waals surface area (Å²) in [5, 5.41) is 4.07. The number of rotatable bonds is 4. The van der Waals surface area contributed by atoms with Crippen molar-refractivity contribution in [2.24, 2.45) is 0 Å². The average molecular weight is 329 g/mol. The van der Waals surface area contributed by atoms with Crippen LogP contribution in [-0.4, -0.2) is 16.4 Å². The van der Waals surface area contributed by atoms with Gasteiger partial charge in [-0.2, -0.15) is 5.10 Å². The molecule has 4 nitrogen and oxygen atoms in total. The van der Waals surface area contributed by atoms with Crippen molar-refractivity contribution < 1.29 is 4.74 Å². The Morgan fingerprint density at radius 2 is 2.00 bits per heavy atom. The second-order valence-corrected chi connectivity index (χ2v) is 4.55. The van der Waals surface area contributed by atoms with Crippen molar-refractivity contribution in [2.75, 3.05) is 12.3 Å². The van der Waals surface area contributed by atoms with Crippen molar-refractivity contribution in [1.29, 1.82) is 0 Å². The van der Waals surface area contributed by atoms with Crippen LogP contribution in [0.2, 0.25) is 0 Å². The maximum absolute atomic E-state index is 5.57. The molecular weight excluding hydrogens is 317 g/mol. The highest BCUT2D eigenvalue weighted by molar-refractivity contribution is 14.1. The molecule has 2 aromatic rings. The number of halogens is 1. The van der Waals surface area contributed by atoms with E-state index in [1.54, 1.807) is 10.7 Å². The number of hydrogen-bond acceptors (Lipinski definition) is 3. The minimum atomic E-state index is 0.536. The summed E-state index contributed by atoms with van der Waals surface area (Å²) in [6.07, 6.45) is 1.84. The van der Waals surface area contributed by atoms with Crippen LogP contribution in [-0.2, 0) is 6.54 Å². The van der Waals surface area contributed by atoms with E-state index in [2.05, 4.69) is 27.7 Å². The van der Waals surface area contributed by atoms with Gasteiger partial charge in [-0.15, -0.1) is 0 Å². The Hall–Kier alpha value is -1.24. The first kappa shape index (κ1) is 11.3. The third kappa shape index (κ3) is 3.13. The van der Waals surface area contributed by atoms with Gasteiger partial charge in [0.25, 0.3) is 0 Å². The van der Waals surface area contributed by atoms with Gasteiger partial charge in [-0.1, -0.05) is 0 Å². The molecule has 0 bridgehead atoms. The van der Waals surface area contributed by atoms with Crippen molar-refractivity contribution >= 4 is 28.4 Å². The first-order valence-electron chi connectivity index (χ1n) is 4.91. The lowest BCUT2D eigenvalue weighted by atomic mass is 10.3. The zero-order valence-corrected chi connectivity index (χ0v) is 10.8. The molecule has 0 unspecified atom stereocenters. The summed E-state index contributed by atoms with van der Waals surface area (Å²) in [7, 11) is 0. The summed E-state index contributed by atoms with van der Waals surface area (Å²) in [6, 6.07) is 9.72. The smallest absolute Gasteiger partial charge is 0.145 e. The molecule has 0 saturated carbocycles. The molecule has 0 spiro atoms. The van der Waals surface area contributed by atoms with Crippen LogP contribution in [0.3, 0.4) is 0 Å². The molecule has 0 aliphatic rings. The summed E-state index contributed by atoms with van der Waals surface area (Å²) in [5.74, 6) is 1.41. The Morgan fingerprint density at radius 1 is 1.25 bits per heavy atom. The predicted octanol–water partition coefficient (Wildman–Crippen LogP) is 2.15. The van der Waals surface area contributed by atoms with Crippen LogP contribution in [0.4, 0.5) is 5.82 Å². The van der Waals surface area contributed by atoms with E-state index in [-0.39, 0.29) is 0 Å².